The smallest absolute Gasteiger partial charge is 0.259 e. The number of rotatable bonds is 3. The van der Waals surface area contributed by atoms with Gasteiger partial charge in [0.15, 0.2) is 11.0 Å². The monoisotopic (exact) mass is 401 g/mol. The van der Waals surface area contributed by atoms with E-state index in [1.165, 1.54) is 30.2 Å². The van der Waals surface area contributed by atoms with Crippen LogP contribution in [0, 0.1) is 5.82 Å². The lowest BCUT2D eigenvalue weighted by molar-refractivity contribution is 0.0955. The minimum Gasteiger partial charge on any atom is -0.468 e. The minimum absolute atomic E-state index is 0.0861. The molecule has 0 fully saturated rings. The highest BCUT2D eigenvalue weighted by molar-refractivity contribution is 8.13. The second kappa shape index (κ2) is 7.09. The van der Waals surface area contributed by atoms with Crippen molar-refractivity contribution in [3.05, 3.63) is 52.7 Å². The van der Waals surface area contributed by atoms with E-state index in [4.69, 9.17) is 10.2 Å². The Morgan fingerprint density at radius 1 is 1.39 bits per heavy atom. The van der Waals surface area contributed by atoms with Crippen molar-refractivity contribution in [2.24, 2.45) is 10.7 Å². The Morgan fingerprint density at radius 2 is 2.21 bits per heavy atom. The quantitative estimate of drug-likeness (QED) is 0.814. The third-order valence-electron chi connectivity index (χ3n) is 5.20. The van der Waals surface area contributed by atoms with Crippen molar-refractivity contribution in [1.29, 1.82) is 0 Å². The van der Waals surface area contributed by atoms with Gasteiger partial charge in [-0.3, -0.25) is 14.6 Å². The van der Waals surface area contributed by atoms with E-state index < -0.39 is 17.3 Å². The first-order valence-corrected chi connectivity index (χ1v) is 10.1. The number of aliphatic imine (C=N–C) groups is 1. The summed E-state index contributed by atoms with van der Waals surface area (Å²) < 4.78 is 19.9. The molecule has 6 nitrogen and oxygen atoms in total. The van der Waals surface area contributed by atoms with Crippen LogP contribution in [0.1, 0.15) is 58.2 Å². The van der Waals surface area contributed by atoms with Crippen molar-refractivity contribution in [1.82, 2.24) is 0 Å². The van der Waals surface area contributed by atoms with Gasteiger partial charge in [0.1, 0.15) is 17.8 Å². The lowest BCUT2D eigenvalue weighted by Gasteiger charge is -2.30. The molecule has 1 unspecified atom stereocenters. The number of aryl methyl sites for hydroxylation is 1. The fraction of sp³-hybridized carbons (Fsp3) is 0.350. The van der Waals surface area contributed by atoms with Crippen LogP contribution in [-0.2, 0) is 12.0 Å². The first-order chi connectivity index (χ1) is 13.4. The molecule has 146 valence electrons. The van der Waals surface area contributed by atoms with Crippen molar-refractivity contribution < 1.29 is 18.4 Å². The number of hydrogen-bond donors (Lipinski definition) is 2. The maximum Gasteiger partial charge on any atom is 0.259 e. The molecule has 2 heterocycles. The fourth-order valence-corrected chi connectivity index (χ4v) is 4.66. The summed E-state index contributed by atoms with van der Waals surface area (Å²) >= 11 is 1.44. The van der Waals surface area contributed by atoms with Crippen LogP contribution in [-0.4, -0.2) is 22.6 Å². The first kappa shape index (κ1) is 18.7. The number of benzene rings is 1. The number of thioether (sulfide) groups is 1. The number of halogens is 1. The summed E-state index contributed by atoms with van der Waals surface area (Å²) in [6.45, 7) is 1.83. The number of carbonyl (C=O) groups excluding carboxylic acids is 2. The average molecular weight is 401 g/mol. The van der Waals surface area contributed by atoms with Gasteiger partial charge in [0.05, 0.1) is 16.7 Å². The predicted octanol–water partition coefficient (Wildman–Crippen LogP) is 3.86. The van der Waals surface area contributed by atoms with Gasteiger partial charge in [-0.15, -0.1) is 0 Å². The van der Waals surface area contributed by atoms with Crippen LogP contribution in [0.3, 0.4) is 0 Å². The number of nitrogens with zero attached hydrogens (tertiary/aromatic N) is 1. The predicted molar refractivity (Wildman–Crippen MR) is 106 cm³/mol. The van der Waals surface area contributed by atoms with E-state index in [9.17, 15) is 14.0 Å². The third-order valence-corrected chi connectivity index (χ3v) is 5.99. The molecule has 1 amide bonds. The Bertz CT molecular complexity index is 1000. The Morgan fingerprint density at radius 3 is 3.00 bits per heavy atom. The first-order valence-electron chi connectivity index (χ1n) is 9.10. The van der Waals surface area contributed by atoms with Crippen molar-refractivity contribution in [3.63, 3.8) is 0 Å². The number of fused-ring (bicyclic) bond motifs is 1. The molecule has 2 aliphatic rings. The second-order valence-corrected chi connectivity index (χ2v) is 8.31. The molecule has 0 spiro atoms. The van der Waals surface area contributed by atoms with Crippen LogP contribution in [0.25, 0.3) is 0 Å². The Labute approximate surface area is 165 Å². The Hall–Kier alpha value is -2.61. The maximum atomic E-state index is 14.5. The van der Waals surface area contributed by atoms with Crippen molar-refractivity contribution in [2.45, 2.75) is 38.1 Å². The number of amidine groups is 1. The van der Waals surface area contributed by atoms with E-state index in [0.717, 1.165) is 12.2 Å². The molecule has 1 aromatic heterocycles. The molecule has 1 aliphatic heterocycles. The molecule has 1 atom stereocenters. The number of hydrogen-bond acceptors (Lipinski definition) is 6. The van der Waals surface area contributed by atoms with E-state index in [0.29, 0.717) is 47.0 Å². The molecule has 1 aromatic carbocycles. The van der Waals surface area contributed by atoms with Gasteiger partial charge < -0.3 is 15.5 Å². The maximum absolute atomic E-state index is 14.5. The van der Waals surface area contributed by atoms with E-state index in [2.05, 4.69) is 10.3 Å². The summed E-state index contributed by atoms with van der Waals surface area (Å²) in [7, 11) is 0. The van der Waals surface area contributed by atoms with Crippen molar-refractivity contribution >= 4 is 34.3 Å². The Balaban J connectivity index is 1.63. The molecule has 0 radical (unpaired) electrons. The second-order valence-electron chi connectivity index (χ2n) is 7.20. The number of amides is 1. The van der Waals surface area contributed by atoms with Gasteiger partial charge in [0.25, 0.3) is 5.91 Å². The van der Waals surface area contributed by atoms with E-state index in [1.807, 2.05) is 6.92 Å². The van der Waals surface area contributed by atoms with Crippen LogP contribution in [0.15, 0.2) is 33.9 Å². The van der Waals surface area contributed by atoms with Crippen molar-refractivity contribution in [2.75, 3.05) is 11.1 Å². The minimum atomic E-state index is -0.787. The number of ketones is 1. The number of nitrogens with one attached hydrogen (secondary N) is 1. The molecule has 0 bridgehead atoms. The molecule has 28 heavy (non-hydrogen) atoms. The number of Topliss-reactive ketones (excluding diaryl/α,β-unsaturated/α-hetero) is 1. The molecule has 2 aromatic rings. The third kappa shape index (κ3) is 3.32. The topological polar surface area (TPSA) is 97.7 Å². The average Bonchev–Trinajstić information content (AvgIpc) is 3.09. The SMILES string of the molecule is CC1(c2cc(NC(=O)c3coc4c3C(=O)CCC4)ccc2F)CCSC(N)=N1. The van der Waals surface area contributed by atoms with Crippen molar-refractivity contribution in [3.8, 4) is 0 Å². The summed E-state index contributed by atoms with van der Waals surface area (Å²) in [5, 5.41) is 3.17. The standard InChI is InChI=1S/C20H20FN3O3S/c1-20(7-8-28-19(22)24-20)13-9-11(5-6-14(13)21)23-18(26)12-10-27-16-4-2-3-15(25)17(12)16/h5-6,9-10H,2-4,7-8H2,1H3,(H2,22,24)(H,23,26). The summed E-state index contributed by atoms with van der Waals surface area (Å²) in [5.41, 5.74) is 6.42. The number of furan rings is 1. The summed E-state index contributed by atoms with van der Waals surface area (Å²) in [5.74, 6) is 0.352. The summed E-state index contributed by atoms with van der Waals surface area (Å²) in [6, 6.07) is 4.37. The van der Waals surface area contributed by atoms with Gasteiger partial charge in [-0.05, 0) is 38.0 Å². The highest BCUT2D eigenvalue weighted by Gasteiger charge is 2.33. The lowest BCUT2D eigenvalue weighted by atomic mass is 9.89. The van der Waals surface area contributed by atoms with Gasteiger partial charge in [0.2, 0.25) is 0 Å². The molecule has 0 saturated heterocycles. The highest BCUT2D eigenvalue weighted by Crippen LogP contribution is 2.37. The Kier molecular flexibility index (Phi) is 4.74. The molecule has 1 aliphatic carbocycles. The summed E-state index contributed by atoms with van der Waals surface area (Å²) in [4.78, 5) is 29.3. The number of anilines is 1. The molecular formula is C20H20FN3O3S. The fourth-order valence-electron chi connectivity index (χ4n) is 3.68. The molecule has 4 rings (SSSR count). The van der Waals surface area contributed by atoms with Gasteiger partial charge >= 0.3 is 0 Å². The van der Waals surface area contributed by atoms with E-state index in [-0.39, 0.29) is 11.3 Å². The largest absolute Gasteiger partial charge is 0.468 e. The van der Waals surface area contributed by atoms with E-state index in [1.54, 1.807) is 6.07 Å². The van der Waals surface area contributed by atoms with Gasteiger partial charge in [-0.25, -0.2) is 4.39 Å². The highest BCUT2D eigenvalue weighted by atomic mass is 32.2. The van der Waals surface area contributed by atoms with Gasteiger partial charge in [0, 0.05) is 29.8 Å². The van der Waals surface area contributed by atoms with E-state index >= 15 is 0 Å². The molecule has 3 N–H and O–H groups in total. The zero-order valence-corrected chi connectivity index (χ0v) is 16.2. The van der Waals surface area contributed by atoms with Crippen LogP contribution < -0.4 is 11.1 Å². The number of carbonyl (C=O) groups is 2. The number of nitrogens with two attached hydrogens (primary N) is 1. The molecular weight excluding hydrogens is 381 g/mol. The zero-order valence-electron chi connectivity index (χ0n) is 15.4. The molecule has 0 saturated carbocycles. The van der Waals surface area contributed by atoms with Gasteiger partial charge in [-0.1, -0.05) is 11.8 Å². The summed E-state index contributed by atoms with van der Waals surface area (Å²) in [6.07, 6.45) is 3.73. The van der Waals surface area contributed by atoms with Crippen LogP contribution >= 0.6 is 11.8 Å². The van der Waals surface area contributed by atoms with Crippen LogP contribution in [0.4, 0.5) is 10.1 Å². The van der Waals surface area contributed by atoms with Crippen LogP contribution in [0.2, 0.25) is 0 Å². The lowest BCUT2D eigenvalue weighted by Crippen LogP contribution is -2.30. The molecule has 8 heteroatoms. The zero-order chi connectivity index (χ0) is 19.9. The van der Waals surface area contributed by atoms with Crippen LogP contribution in [0.5, 0.6) is 0 Å². The normalized spacial score (nSPS) is 21.8. The van der Waals surface area contributed by atoms with Gasteiger partial charge in [-0.2, -0.15) is 0 Å².